The van der Waals surface area contributed by atoms with Crippen molar-refractivity contribution in [2.75, 3.05) is 6.61 Å². The van der Waals surface area contributed by atoms with Crippen LogP contribution >= 0.6 is 0 Å². The zero-order chi connectivity index (χ0) is 6.91. The highest BCUT2D eigenvalue weighted by Crippen LogP contribution is 2.34. The monoisotopic (exact) mass is 128 g/mol. The molecule has 0 radical (unpaired) electrons. The summed E-state index contributed by atoms with van der Waals surface area (Å²) in [5.74, 6) is 0. The van der Waals surface area contributed by atoms with Gasteiger partial charge in [0.25, 0.3) is 0 Å². The Morgan fingerprint density at radius 1 is 1.67 bits per heavy atom. The molecular weight excluding hydrogens is 112 g/mol. The maximum Gasteiger partial charge on any atom is 0.0553 e. The van der Waals surface area contributed by atoms with E-state index in [1.165, 1.54) is 12.8 Å². The Morgan fingerprint density at radius 2 is 2.33 bits per heavy atom. The molecule has 0 N–H and O–H groups in total. The summed E-state index contributed by atoms with van der Waals surface area (Å²) < 4.78 is 5.46. The van der Waals surface area contributed by atoms with E-state index in [0.29, 0.717) is 11.5 Å². The van der Waals surface area contributed by atoms with E-state index >= 15 is 0 Å². The van der Waals surface area contributed by atoms with E-state index in [4.69, 9.17) is 4.74 Å². The second kappa shape index (κ2) is 2.30. The van der Waals surface area contributed by atoms with Crippen LogP contribution < -0.4 is 0 Å². The highest BCUT2D eigenvalue weighted by molar-refractivity contribution is 4.80. The Hall–Kier alpha value is -0.0400. The first kappa shape index (κ1) is 7.07. The molecule has 0 bridgehead atoms. The van der Waals surface area contributed by atoms with Crippen LogP contribution in [0.4, 0.5) is 0 Å². The van der Waals surface area contributed by atoms with Crippen LogP contribution in [0.2, 0.25) is 0 Å². The van der Waals surface area contributed by atoms with Gasteiger partial charge in [-0.3, -0.25) is 0 Å². The van der Waals surface area contributed by atoms with Gasteiger partial charge in [-0.2, -0.15) is 0 Å². The van der Waals surface area contributed by atoms with Crippen LogP contribution in [0.5, 0.6) is 0 Å². The molecule has 1 nitrogen and oxygen atoms in total. The van der Waals surface area contributed by atoms with Gasteiger partial charge in [-0.25, -0.2) is 0 Å². The molecule has 1 rings (SSSR count). The van der Waals surface area contributed by atoms with Gasteiger partial charge in [0.05, 0.1) is 12.7 Å². The van der Waals surface area contributed by atoms with Crippen LogP contribution in [-0.2, 0) is 4.74 Å². The summed E-state index contributed by atoms with van der Waals surface area (Å²) in [6, 6.07) is 0. The number of hydrogen-bond acceptors (Lipinski definition) is 1. The molecule has 9 heavy (non-hydrogen) atoms. The molecule has 1 aliphatic heterocycles. The van der Waals surface area contributed by atoms with Gasteiger partial charge in [0, 0.05) is 0 Å². The number of rotatable bonds is 1. The van der Waals surface area contributed by atoms with Crippen LogP contribution in [0.15, 0.2) is 0 Å². The average Bonchev–Trinajstić information content (AvgIpc) is 2.13. The zero-order valence-corrected chi connectivity index (χ0v) is 6.61. The van der Waals surface area contributed by atoms with Crippen LogP contribution in [0.3, 0.4) is 0 Å². The summed E-state index contributed by atoms with van der Waals surface area (Å²) in [6.07, 6.45) is 2.98. The van der Waals surface area contributed by atoms with Gasteiger partial charge in [0.1, 0.15) is 0 Å². The molecule has 2 atom stereocenters. The van der Waals surface area contributed by atoms with Crippen LogP contribution in [0.1, 0.15) is 33.6 Å². The first-order valence-electron chi connectivity index (χ1n) is 3.78. The second-order valence-corrected chi connectivity index (χ2v) is 3.49. The quantitative estimate of drug-likeness (QED) is 0.526. The first-order valence-corrected chi connectivity index (χ1v) is 3.78. The van der Waals surface area contributed by atoms with Crippen molar-refractivity contribution in [3.8, 4) is 0 Å². The van der Waals surface area contributed by atoms with E-state index in [-0.39, 0.29) is 0 Å². The highest BCUT2D eigenvalue weighted by Gasteiger charge is 2.31. The van der Waals surface area contributed by atoms with Crippen molar-refractivity contribution in [3.63, 3.8) is 0 Å². The largest absolute Gasteiger partial charge is 0.378 e. The van der Waals surface area contributed by atoms with E-state index in [0.717, 1.165) is 6.61 Å². The van der Waals surface area contributed by atoms with Crippen molar-refractivity contribution in [1.29, 1.82) is 0 Å². The molecule has 1 fully saturated rings. The highest BCUT2D eigenvalue weighted by atomic mass is 16.5. The van der Waals surface area contributed by atoms with Crippen molar-refractivity contribution in [2.24, 2.45) is 5.41 Å². The lowest BCUT2D eigenvalue weighted by Crippen LogP contribution is -2.14. The molecule has 1 heterocycles. The van der Waals surface area contributed by atoms with E-state index in [1.807, 2.05) is 0 Å². The lowest BCUT2D eigenvalue weighted by molar-refractivity contribution is 0.108. The molecule has 0 amide bonds. The molecule has 0 aromatic carbocycles. The Kier molecular flexibility index (Phi) is 1.80. The fourth-order valence-corrected chi connectivity index (χ4v) is 1.40. The molecule has 0 aliphatic carbocycles. The average molecular weight is 128 g/mol. The van der Waals surface area contributed by atoms with Crippen molar-refractivity contribution < 1.29 is 4.74 Å². The summed E-state index contributed by atoms with van der Waals surface area (Å²) in [5.41, 5.74) is 0.486. The second-order valence-electron chi connectivity index (χ2n) is 3.49. The zero-order valence-electron chi connectivity index (χ0n) is 6.61. The SMILES string of the molecule is CCC1(C)COC(C)C1. The third-order valence-corrected chi connectivity index (χ3v) is 2.35. The predicted molar refractivity (Wildman–Crippen MR) is 38.4 cm³/mol. The molecule has 54 valence electrons. The molecule has 1 saturated heterocycles. The fourth-order valence-electron chi connectivity index (χ4n) is 1.40. The fraction of sp³-hybridized carbons (Fsp3) is 1.00. The van der Waals surface area contributed by atoms with Crippen molar-refractivity contribution >= 4 is 0 Å². The van der Waals surface area contributed by atoms with Gasteiger partial charge < -0.3 is 4.74 Å². The third-order valence-electron chi connectivity index (χ3n) is 2.35. The summed E-state index contributed by atoms with van der Waals surface area (Å²) >= 11 is 0. The Labute approximate surface area is 57.4 Å². The number of ether oxygens (including phenoxy) is 1. The molecule has 0 aromatic rings. The predicted octanol–water partition coefficient (Wildman–Crippen LogP) is 2.21. The minimum absolute atomic E-state index is 0.486. The molecule has 0 saturated carbocycles. The number of hydrogen-bond donors (Lipinski definition) is 0. The Bertz CT molecular complexity index is 101. The third kappa shape index (κ3) is 1.45. The Morgan fingerprint density at radius 3 is 2.56 bits per heavy atom. The van der Waals surface area contributed by atoms with E-state index in [2.05, 4.69) is 20.8 Å². The van der Waals surface area contributed by atoms with E-state index < -0.39 is 0 Å². The summed E-state index contributed by atoms with van der Waals surface area (Å²) in [5, 5.41) is 0. The summed E-state index contributed by atoms with van der Waals surface area (Å²) in [7, 11) is 0. The van der Waals surface area contributed by atoms with E-state index in [1.54, 1.807) is 0 Å². The van der Waals surface area contributed by atoms with Gasteiger partial charge >= 0.3 is 0 Å². The standard InChI is InChI=1S/C8H16O/c1-4-8(3)5-7(2)9-6-8/h7H,4-6H2,1-3H3. The minimum Gasteiger partial charge on any atom is -0.378 e. The summed E-state index contributed by atoms with van der Waals surface area (Å²) in [6.45, 7) is 7.66. The normalized spacial score (nSPS) is 43.7. The summed E-state index contributed by atoms with van der Waals surface area (Å²) in [4.78, 5) is 0. The molecule has 1 heteroatoms. The van der Waals surface area contributed by atoms with Gasteiger partial charge in [0.2, 0.25) is 0 Å². The Balaban J connectivity index is 2.45. The molecule has 0 spiro atoms. The molecular formula is C8H16O. The van der Waals surface area contributed by atoms with Gasteiger partial charge in [-0.15, -0.1) is 0 Å². The smallest absolute Gasteiger partial charge is 0.0553 e. The van der Waals surface area contributed by atoms with Crippen molar-refractivity contribution in [1.82, 2.24) is 0 Å². The van der Waals surface area contributed by atoms with Gasteiger partial charge in [0.15, 0.2) is 0 Å². The van der Waals surface area contributed by atoms with Crippen molar-refractivity contribution in [2.45, 2.75) is 39.7 Å². The maximum absolute atomic E-state index is 5.46. The van der Waals surface area contributed by atoms with Gasteiger partial charge in [-0.1, -0.05) is 13.8 Å². The molecule has 1 aliphatic rings. The maximum atomic E-state index is 5.46. The van der Waals surface area contributed by atoms with Crippen LogP contribution in [-0.4, -0.2) is 12.7 Å². The molecule has 2 unspecified atom stereocenters. The molecule has 0 aromatic heterocycles. The van der Waals surface area contributed by atoms with Crippen LogP contribution in [0, 0.1) is 5.41 Å². The lowest BCUT2D eigenvalue weighted by atomic mass is 9.86. The van der Waals surface area contributed by atoms with Crippen LogP contribution in [0.25, 0.3) is 0 Å². The topological polar surface area (TPSA) is 9.23 Å². The minimum atomic E-state index is 0.486. The first-order chi connectivity index (χ1) is 4.16. The van der Waals surface area contributed by atoms with E-state index in [9.17, 15) is 0 Å². The van der Waals surface area contributed by atoms with Crippen molar-refractivity contribution in [3.05, 3.63) is 0 Å². The lowest BCUT2D eigenvalue weighted by Gasteiger charge is -2.17. The van der Waals surface area contributed by atoms with Gasteiger partial charge in [-0.05, 0) is 25.2 Å².